The van der Waals surface area contributed by atoms with Crippen molar-refractivity contribution in [3.63, 3.8) is 0 Å². The Bertz CT molecular complexity index is 652. The largest absolute Gasteiger partial charge is 0.373 e. The monoisotopic (exact) mass is 309 g/mol. The Morgan fingerprint density at radius 3 is 2.26 bits per heavy atom. The standard InChI is InChI=1S/C21H27NO/c1-15-5-6-16(2)21(11-15)20-9-7-19(8-10-20)14-22-12-17(3)23-18(4)13-22/h5-11,17-18H,12-14H2,1-4H3. The second-order valence-corrected chi connectivity index (χ2v) is 6.97. The molecule has 122 valence electrons. The maximum atomic E-state index is 5.81. The van der Waals surface area contributed by atoms with Gasteiger partial charge in [0.2, 0.25) is 0 Å². The summed E-state index contributed by atoms with van der Waals surface area (Å²) in [5.74, 6) is 0. The SMILES string of the molecule is Cc1ccc(C)c(-c2ccc(CN3CC(C)OC(C)C3)cc2)c1. The van der Waals surface area contributed by atoms with Crippen LogP contribution in [0.4, 0.5) is 0 Å². The van der Waals surface area contributed by atoms with E-state index in [1.54, 1.807) is 0 Å². The topological polar surface area (TPSA) is 12.5 Å². The van der Waals surface area contributed by atoms with Crippen molar-refractivity contribution >= 4 is 0 Å². The molecule has 3 rings (SSSR count). The van der Waals surface area contributed by atoms with Crippen molar-refractivity contribution in [2.75, 3.05) is 13.1 Å². The Kier molecular flexibility index (Phi) is 4.84. The lowest BCUT2D eigenvalue weighted by Crippen LogP contribution is -2.44. The minimum atomic E-state index is 0.327. The summed E-state index contributed by atoms with van der Waals surface area (Å²) in [5.41, 5.74) is 6.66. The second-order valence-electron chi connectivity index (χ2n) is 6.97. The number of hydrogen-bond acceptors (Lipinski definition) is 2. The van der Waals surface area contributed by atoms with E-state index in [1.807, 2.05) is 0 Å². The molecule has 1 aliphatic rings. The third-order valence-electron chi connectivity index (χ3n) is 4.56. The minimum absolute atomic E-state index is 0.327. The van der Waals surface area contributed by atoms with E-state index in [9.17, 15) is 0 Å². The summed E-state index contributed by atoms with van der Waals surface area (Å²) in [5, 5.41) is 0. The normalized spacial score (nSPS) is 22.3. The fourth-order valence-electron chi connectivity index (χ4n) is 3.51. The van der Waals surface area contributed by atoms with Gasteiger partial charge in [-0.15, -0.1) is 0 Å². The molecule has 0 spiro atoms. The van der Waals surface area contributed by atoms with Crippen molar-refractivity contribution in [2.45, 2.75) is 46.4 Å². The Labute approximate surface area is 140 Å². The van der Waals surface area contributed by atoms with Crippen LogP contribution in [0, 0.1) is 13.8 Å². The Morgan fingerprint density at radius 2 is 1.61 bits per heavy atom. The number of hydrogen-bond donors (Lipinski definition) is 0. The van der Waals surface area contributed by atoms with E-state index in [2.05, 4.69) is 75.1 Å². The summed E-state index contributed by atoms with van der Waals surface area (Å²) in [6, 6.07) is 15.7. The number of benzene rings is 2. The van der Waals surface area contributed by atoms with Crippen LogP contribution in [-0.2, 0) is 11.3 Å². The zero-order valence-electron chi connectivity index (χ0n) is 14.7. The smallest absolute Gasteiger partial charge is 0.0678 e. The number of rotatable bonds is 3. The number of nitrogens with zero attached hydrogens (tertiary/aromatic N) is 1. The van der Waals surface area contributed by atoms with Gasteiger partial charge in [-0.25, -0.2) is 0 Å². The van der Waals surface area contributed by atoms with Crippen molar-refractivity contribution in [3.8, 4) is 11.1 Å². The molecule has 0 radical (unpaired) electrons. The van der Waals surface area contributed by atoms with Crippen LogP contribution in [-0.4, -0.2) is 30.2 Å². The Hall–Kier alpha value is -1.64. The molecule has 2 aromatic rings. The van der Waals surface area contributed by atoms with E-state index >= 15 is 0 Å². The zero-order valence-corrected chi connectivity index (χ0v) is 14.7. The van der Waals surface area contributed by atoms with E-state index < -0.39 is 0 Å². The first-order valence-electron chi connectivity index (χ1n) is 8.55. The maximum Gasteiger partial charge on any atom is 0.0678 e. The van der Waals surface area contributed by atoms with Crippen LogP contribution >= 0.6 is 0 Å². The van der Waals surface area contributed by atoms with E-state index in [-0.39, 0.29) is 0 Å². The summed E-state index contributed by atoms with van der Waals surface area (Å²) in [6.07, 6.45) is 0.654. The number of aryl methyl sites for hydroxylation is 2. The predicted molar refractivity (Wildman–Crippen MR) is 96.6 cm³/mol. The van der Waals surface area contributed by atoms with Crippen LogP contribution in [0.25, 0.3) is 11.1 Å². The molecule has 1 aliphatic heterocycles. The molecular formula is C21H27NO. The molecule has 2 unspecified atom stereocenters. The number of morpholine rings is 1. The third kappa shape index (κ3) is 4.01. The molecule has 0 bridgehead atoms. The molecule has 1 fully saturated rings. The highest BCUT2D eigenvalue weighted by molar-refractivity contribution is 5.68. The fraction of sp³-hybridized carbons (Fsp3) is 0.429. The van der Waals surface area contributed by atoms with E-state index in [1.165, 1.54) is 27.8 Å². The van der Waals surface area contributed by atoms with Gasteiger partial charge in [-0.1, -0.05) is 48.0 Å². The average molecular weight is 309 g/mol. The summed E-state index contributed by atoms with van der Waals surface area (Å²) in [6.45, 7) is 11.7. The molecule has 2 heteroatoms. The highest BCUT2D eigenvalue weighted by Gasteiger charge is 2.21. The van der Waals surface area contributed by atoms with Crippen LogP contribution in [0.15, 0.2) is 42.5 Å². The Morgan fingerprint density at radius 1 is 0.957 bits per heavy atom. The molecule has 0 N–H and O–H groups in total. The van der Waals surface area contributed by atoms with Crippen LogP contribution < -0.4 is 0 Å². The van der Waals surface area contributed by atoms with Gasteiger partial charge < -0.3 is 4.74 Å². The lowest BCUT2D eigenvalue weighted by atomic mass is 9.97. The van der Waals surface area contributed by atoms with E-state index in [4.69, 9.17) is 4.74 Å². The van der Waals surface area contributed by atoms with Crippen LogP contribution in [0.5, 0.6) is 0 Å². The first kappa shape index (κ1) is 16.2. The van der Waals surface area contributed by atoms with E-state index in [0.717, 1.165) is 19.6 Å². The van der Waals surface area contributed by atoms with Crippen molar-refractivity contribution in [3.05, 3.63) is 59.2 Å². The first-order chi connectivity index (χ1) is 11.0. The summed E-state index contributed by atoms with van der Waals surface area (Å²) < 4.78 is 5.81. The summed E-state index contributed by atoms with van der Waals surface area (Å²) in [7, 11) is 0. The van der Waals surface area contributed by atoms with Gasteiger partial charge in [0.1, 0.15) is 0 Å². The highest BCUT2D eigenvalue weighted by Crippen LogP contribution is 2.25. The molecule has 0 aromatic heterocycles. The highest BCUT2D eigenvalue weighted by atomic mass is 16.5. The molecule has 1 saturated heterocycles. The molecule has 23 heavy (non-hydrogen) atoms. The van der Waals surface area contributed by atoms with Gasteiger partial charge in [-0.2, -0.15) is 0 Å². The molecule has 0 saturated carbocycles. The molecule has 0 amide bonds. The van der Waals surface area contributed by atoms with Crippen molar-refractivity contribution in [2.24, 2.45) is 0 Å². The van der Waals surface area contributed by atoms with Crippen LogP contribution in [0.3, 0.4) is 0 Å². The minimum Gasteiger partial charge on any atom is -0.373 e. The average Bonchev–Trinajstić information content (AvgIpc) is 2.49. The Balaban J connectivity index is 1.73. The maximum absolute atomic E-state index is 5.81. The lowest BCUT2D eigenvalue weighted by molar-refractivity contribution is -0.0704. The quantitative estimate of drug-likeness (QED) is 0.823. The van der Waals surface area contributed by atoms with E-state index in [0.29, 0.717) is 12.2 Å². The molecule has 1 heterocycles. The summed E-state index contributed by atoms with van der Waals surface area (Å²) in [4.78, 5) is 2.49. The van der Waals surface area contributed by atoms with Crippen molar-refractivity contribution in [1.82, 2.24) is 4.90 Å². The molecule has 0 aliphatic carbocycles. The van der Waals surface area contributed by atoms with Gasteiger partial charge in [0.15, 0.2) is 0 Å². The molecule has 2 aromatic carbocycles. The first-order valence-corrected chi connectivity index (χ1v) is 8.55. The van der Waals surface area contributed by atoms with Crippen molar-refractivity contribution < 1.29 is 4.74 Å². The molecular weight excluding hydrogens is 282 g/mol. The zero-order chi connectivity index (χ0) is 16.4. The fourth-order valence-corrected chi connectivity index (χ4v) is 3.51. The van der Waals surface area contributed by atoms with Crippen molar-refractivity contribution in [1.29, 1.82) is 0 Å². The lowest BCUT2D eigenvalue weighted by Gasteiger charge is -2.35. The van der Waals surface area contributed by atoms with Crippen LogP contribution in [0.1, 0.15) is 30.5 Å². The third-order valence-corrected chi connectivity index (χ3v) is 4.56. The van der Waals surface area contributed by atoms with Gasteiger partial charge in [0.25, 0.3) is 0 Å². The van der Waals surface area contributed by atoms with Gasteiger partial charge in [0, 0.05) is 19.6 Å². The molecule has 2 nitrogen and oxygen atoms in total. The second kappa shape index (κ2) is 6.86. The molecule has 2 atom stereocenters. The van der Waals surface area contributed by atoms with Gasteiger partial charge >= 0.3 is 0 Å². The summed E-state index contributed by atoms with van der Waals surface area (Å²) >= 11 is 0. The predicted octanol–water partition coefficient (Wildman–Crippen LogP) is 4.58. The van der Waals surface area contributed by atoms with Crippen LogP contribution in [0.2, 0.25) is 0 Å². The van der Waals surface area contributed by atoms with Gasteiger partial charge in [-0.3, -0.25) is 4.90 Å². The van der Waals surface area contributed by atoms with Gasteiger partial charge in [0.05, 0.1) is 12.2 Å². The van der Waals surface area contributed by atoms with Gasteiger partial charge in [-0.05, 0) is 49.9 Å². The number of ether oxygens (including phenoxy) is 1.